The molecule has 1 N–H and O–H groups in total. The number of hydrogen-bond donors (Lipinski definition) is 1. The lowest BCUT2D eigenvalue weighted by Gasteiger charge is -2.25. The second kappa shape index (κ2) is 4.71. The minimum atomic E-state index is 0.374. The number of halogens is 1. The first kappa shape index (κ1) is 11.7. The predicted molar refractivity (Wildman–Crippen MR) is 72.0 cm³/mol. The van der Waals surface area contributed by atoms with Crippen LogP contribution in [0.3, 0.4) is 0 Å². The standard InChI is InChI=1S/C14H18BrNO/c1-9(11-4-2-3-5-12(11)15)16-13-8-10-6-7-14(13)17-10/h2-5,9-10,13-14,16H,6-8H2,1H3. The van der Waals surface area contributed by atoms with E-state index in [0.717, 1.165) is 0 Å². The Bertz CT molecular complexity index is 409. The fraction of sp³-hybridized carbons (Fsp3) is 0.571. The number of fused-ring (bicyclic) bond motifs is 2. The van der Waals surface area contributed by atoms with Crippen molar-refractivity contribution in [2.24, 2.45) is 0 Å². The van der Waals surface area contributed by atoms with Gasteiger partial charge in [0.2, 0.25) is 0 Å². The normalized spacial score (nSPS) is 32.9. The highest BCUT2D eigenvalue weighted by Gasteiger charge is 2.41. The quantitative estimate of drug-likeness (QED) is 0.923. The molecule has 0 aromatic heterocycles. The number of rotatable bonds is 3. The maximum absolute atomic E-state index is 5.88. The Morgan fingerprint density at radius 3 is 2.82 bits per heavy atom. The zero-order chi connectivity index (χ0) is 11.8. The first-order valence-corrected chi connectivity index (χ1v) is 7.19. The van der Waals surface area contributed by atoms with Crippen molar-refractivity contribution in [1.29, 1.82) is 0 Å². The van der Waals surface area contributed by atoms with Crippen LogP contribution in [-0.4, -0.2) is 18.2 Å². The van der Waals surface area contributed by atoms with Crippen LogP contribution in [0.2, 0.25) is 0 Å². The molecule has 2 bridgehead atoms. The van der Waals surface area contributed by atoms with E-state index in [0.29, 0.717) is 24.3 Å². The molecule has 4 atom stereocenters. The molecule has 2 heterocycles. The van der Waals surface area contributed by atoms with Gasteiger partial charge in [0.15, 0.2) is 0 Å². The number of ether oxygens (including phenoxy) is 1. The highest BCUT2D eigenvalue weighted by Crippen LogP contribution is 2.35. The van der Waals surface area contributed by atoms with Gasteiger partial charge in [-0.25, -0.2) is 0 Å². The molecule has 0 saturated carbocycles. The second-order valence-electron chi connectivity index (χ2n) is 5.13. The van der Waals surface area contributed by atoms with Gasteiger partial charge in [-0.3, -0.25) is 0 Å². The van der Waals surface area contributed by atoms with Crippen molar-refractivity contribution in [3.05, 3.63) is 34.3 Å². The molecule has 2 saturated heterocycles. The molecule has 92 valence electrons. The molecule has 2 aliphatic heterocycles. The lowest BCUT2D eigenvalue weighted by atomic mass is 9.94. The Labute approximate surface area is 111 Å². The lowest BCUT2D eigenvalue weighted by Crippen LogP contribution is -2.39. The van der Waals surface area contributed by atoms with Crippen LogP contribution in [0.5, 0.6) is 0 Å². The summed E-state index contributed by atoms with van der Waals surface area (Å²) in [6.45, 7) is 2.23. The summed E-state index contributed by atoms with van der Waals surface area (Å²) >= 11 is 3.62. The molecule has 1 aromatic rings. The first-order chi connectivity index (χ1) is 8.24. The molecular formula is C14H18BrNO. The van der Waals surface area contributed by atoms with Crippen LogP contribution in [0.25, 0.3) is 0 Å². The van der Waals surface area contributed by atoms with Gasteiger partial charge >= 0.3 is 0 Å². The topological polar surface area (TPSA) is 21.3 Å². The Kier molecular flexibility index (Phi) is 3.24. The van der Waals surface area contributed by atoms with E-state index in [1.54, 1.807) is 0 Å². The van der Waals surface area contributed by atoms with Gasteiger partial charge in [0.05, 0.1) is 12.2 Å². The fourth-order valence-corrected chi connectivity index (χ4v) is 3.68. The summed E-state index contributed by atoms with van der Waals surface area (Å²) in [5.41, 5.74) is 1.33. The monoisotopic (exact) mass is 295 g/mol. The van der Waals surface area contributed by atoms with Crippen molar-refractivity contribution in [2.45, 2.75) is 50.5 Å². The summed E-state index contributed by atoms with van der Waals surface area (Å²) in [5.74, 6) is 0. The van der Waals surface area contributed by atoms with E-state index in [1.807, 2.05) is 0 Å². The minimum absolute atomic E-state index is 0.374. The maximum atomic E-state index is 5.88. The third kappa shape index (κ3) is 2.28. The number of hydrogen-bond acceptors (Lipinski definition) is 2. The van der Waals surface area contributed by atoms with Crippen LogP contribution in [0.4, 0.5) is 0 Å². The Morgan fingerprint density at radius 2 is 2.18 bits per heavy atom. The van der Waals surface area contributed by atoms with Gasteiger partial charge in [0.1, 0.15) is 0 Å². The maximum Gasteiger partial charge on any atom is 0.0733 e. The summed E-state index contributed by atoms with van der Waals surface area (Å²) in [6, 6.07) is 9.34. The third-order valence-electron chi connectivity index (χ3n) is 3.94. The smallest absolute Gasteiger partial charge is 0.0733 e. The zero-order valence-electron chi connectivity index (χ0n) is 10.0. The number of nitrogens with one attached hydrogen (secondary N) is 1. The lowest BCUT2D eigenvalue weighted by molar-refractivity contribution is 0.0962. The van der Waals surface area contributed by atoms with Crippen LogP contribution < -0.4 is 5.32 Å². The first-order valence-electron chi connectivity index (χ1n) is 6.40. The Balaban J connectivity index is 1.68. The molecule has 0 aliphatic carbocycles. The van der Waals surface area contributed by atoms with E-state index in [4.69, 9.17) is 4.74 Å². The van der Waals surface area contributed by atoms with Crippen molar-refractivity contribution in [2.75, 3.05) is 0 Å². The van der Waals surface area contributed by atoms with Crippen molar-refractivity contribution >= 4 is 15.9 Å². The third-order valence-corrected chi connectivity index (χ3v) is 4.66. The van der Waals surface area contributed by atoms with Crippen LogP contribution >= 0.6 is 15.9 Å². The van der Waals surface area contributed by atoms with Crippen LogP contribution in [-0.2, 0) is 4.74 Å². The van der Waals surface area contributed by atoms with Gasteiger partial charge < -0.3 is 10.1 Å². The SMILES string of the molecule is CC(NC1CC2CCC1O2)c1ccccc1Br. The minimum Gasteiger partial charge on any atom is -0.373 e. The Morgan fingerprint density at radius 1 is 1.35 bits per heavy atom. The van der Waals surface area contributed by atoms with Crippen molar-refractivity contribution in [3.8, 4) is 0 Å². The summed E-state index contributed by atoms with van der Waals surface area (Å²) < 4.78 is 7.06. The molecule has 3 rings (SSSR count). The summed E-state index contributed by atoms with van der Waals surface area (Å²) in [4.78, 5) is 0. The van der Waals surface area contributed by atoms with Crippen LogP contribution in [0.15, 0.2) is 28.7 Å². The van der Waals surface area contributed by atoms with E-state index < -0.39 is 0 Å². The predicted octanol–water partition coefficient (Wildman–Crippen LogP) is 3.42. The van der Waals surface area contributed by atoms with Gasteiger partial charge in [0.25, 0.3) is 0 Å². The van der Waals surface area contributed by atoms with Gasteiger partial charge in [-0.2, -0.15) is 0 Å². The van der Waals surface area contributed by atoms with Gasteiger partial charge in [-0.1, -0.05) is 34.1 Å². The van der Waals surface area contributed by atoms with Crippen LogP contribution in [0.1, 0.15) is 37.8 Å². The molecule has 2 nitrogen and oxygen atoms in total. The van der Waals surface area contributed by atoms with E-state index in [-0.39, 0.29) is 0 Å². The molecule has 0 spiro atoms. The van der Waals surface area contributed by atoms with E-state index in [2.05, 4.69) is 52.4 Å². The highest BCUT2D eigenvalue weighted by molar-refractivity contribution is 9.10. The highest BCUT2D eigenvalue weighted by atomic mass is 79.9. The largest absolute Gasteiger partial charge is 0.373 e. The molecule has 4 unspecified atom stereocenters. The molecule has 2 fully saturated rings. The summed E-state index contributed by atoms with van der Waals surface area (Å²) in [7, 11) is 0. The molecule has 0 amide bonds. The second-order valence-corrected chi connectivity index (χ2v) is 5.98. The van der Waals surface area contributed by atoms with Gasteiger partial charge in [-0.15, -0.1) is 0 Å². The summed E-state index contributed by atoms with van der Waals surface area (Å²) in [6.07, 6.45) is 4.63. The van der Waals surface area contributed by atoms with Crippen LogP contribution in [0, 0.1) is 0 Å². The molecule has 17 heavy (non-hydrogen) atoms. The van der Waals surface area contributed by atoms with Crippen molar-refractivity contribution < 1.29 is 4.74 Å². The zero-order valence-corrected chi connectivity index (χ0v) is 11.6. The average Bonchev–Trinajstić information content (AvgIpc) is 2.91. The van der Waals surface area contributed by atoms with Crippen molar-refractivity contribution in [1.82, 2.24) is 5.32 Å². The summed E-state index contributed by atoms with van der Waals surface area (Å²) in [5, 5.41) is 3.71. The molecule has 0 radical (unpaired) electrons. The number of benzene rings is 1. The molecule has 3 heteroatoms. The van der Waals surface area contributed by atoms with Gasteiger partial charge in [-0.05, 0) is 37.8 Å². The van der Waals surface area contributed by atoms with Crippen molar-refractivity contribution in [3.63, 3.8) is 0 Å². The Hall–Kier alpha value is -0.380. The molecular weight excluding hydrogens is 278 g/mol. The van der Waals surface area contributed by atoms with E-state index >= 15 is 0 Å². The van der Waals surface area contributed by atoms with E-state index in [9.17, 15) is 0 Å². The molecule has 1 aromatic carbocycles. The van der Waals surface area contributed by atoms with E-state index in [1.165, 1.54) is 29.3 Å². The molecule has 2 aliphatic rings. The fourth-order valence-electron chi connectivity index (χ4n) is 3.05. The average molecular weight is 296 g/mol. The van der Waals surface area contributed by atoms with Gasteiger partial charge in [0, 0.05) is 16.6 Å².